The average molecular weight is 183 g/mol. The molecule has 1 heterocycles. The summed E-state index contributed by atoms with van der Waals surface area (Å²) in [5.41, 5.74) is 0.736. The van der Waals surface area contributed by atoms with Gasteiger partial charge in [0.2, 0.25) is 5.88 Å². The lowest BCUT2D eigenvalue weighted by Crippen LogP contribution is -2.33. The third kappa shape index (κ3) is 3.14. The van der Waals surface area contributed by atoms with Gasteiger partial charge in [-0.2, -0.15) is 0 Å². The van der Waals surface area contributed by atoms with E-state index in [1.165, 1.54) is 0 Å². The maximum absolute atomic E-state index is 11.1. The molecule has 2 N–H and O–H groups in total. The molecule has 0 spiro atoms. The Morgan fingerprint density at radius 1 is 1.62 bits per heavy atom. The van der Waals surface area contributed by atoms with E-state index in [9.17, 15) is 4.79 Å². The molecule has 13 heavy (non-hydrogen) atoms. The number of anilines is 1. The summed E-state index contributed by atoms with van der Waals surface area (Å²) in [6, 6.07) is 1.47. The molecule has 0 atom stereocenters. The van der Waals surface area contributed by atoms with E-state index >= 15 is 0 Å². The zero-order valence-corrected chi connectivity index (χ0v) is 7.92. The van der Waals surface area contributed by atoms with E-state index in [1.54, 1.807) is 13.0 Å². The number of aromatic nitrogens is 1. The predicted molar refractivity (Wildman–Crippen MR) is 48.5 cm³/mol. The van der Waals surface area contributed by atoms with Crippen LogP contribution in [0.4, 0.5) is 10.7 Å². The van der Waals surface area contributed by atoms with Gasteiger partial charge in [-0.05, 0) is 20.8 Å². The highest BCUT2D eigenvalue weighted by Gasteiger charge is 2.06. The smallest absolute Gasteiger partial charge is 0.321 e. The van der Waals surface area contributed by atoms with Crippen molar-refractivity contribution >= 4 is 11.9 Å². The summed E-state index contributed by atoms with van der Waals surface area (Å²) < 4.78 is 4.79. The Labute approximate surface area is 76.5 Å². The summed E-state index contributed by atoms with van der Waals surface area (Å²) >= 11 is 0. The van der Waals surface area contributed by atoms with Gasteiger partial charge < -0.3 is 9.84 Å². The Balaban J connectivity index is 2.45. The standard InChI is InChI=1S/C8H13N3O2/c1-5(2)9-8(12)10-7-4-6(3)11-13-7/h4-5H,1-3H3,(H2,9,10,12). The van der Waals surface area contributed by atoms with Gasteiger partial charge in [-0.15, -0.1) is 0 Å². The zero-order chi connectivity index (χ0) is 9.84. The number of amides is 2. The highest BCUT2D eigenvalue weighted by molar-refractivity contribution is 5.87. The van der Waals surface area contributed by atoms with Crippen molar-refractivity contribution < 1.29 is 9.32 Å². The van der Waals surface area contributed by atoms with E-state index in [2.05, 4.69) is 15.8 Å². The third-order valence-corrected chi connectivity index (χ3v) is 1.28. The summed E-state index contributed by atoms with van der Waals surface area (Å²) in [7, 11) is 0. The van der Waals surface area contributed by atoms with Crippen LogP contribution in [-0.4, -0.2) is 17.2 Å². The number of rotatable bonds is 2. The van der Waals surface area contributed by atoms with Crippen LogP contribution in [0.5, 0.6) is 0 Å². The highest BCUT2D eigenvalue weighted by Crippen LogP contribution is 2.07. The minimum atomic E-state index is -0.286. The Morgan fingerprint density at radius 2 is 2.31 bits per heavy atom. The molecule has 0 aliphatic carbocycles. The summed E-state index contributed by atoms with van der Waals surface area (Å²) in [6.45, 7) is 5.55. The molecule has 1 rings (SSSR count). The molecular formula is C8H13N3O2. The maximum atomic E-state index is 11.1. The van der Waals surface area contributed by atoms with Crippen LogP contribution in [0.1, 0.15) is 19.5 Å². The minimum Gasteiger partial charge on any atom is -0.338 e. The van der Waals surface area contributed by atoms with Gasteiger partial charge in [-0.3, -0.25) is 5.32 Å². The van der Waals surface area contributed by atoms with Crippen LogP contribution in [0.3, 0.4) is 0 Å². The number of aryl methyl sites for hydroxylation is 1. The number of nitrogens with zero attached hydrogens (tertiary/aromatic N) is 1. The van der Waals surface area contributed by atoms with Gasteiger partial charge in [0.05, 0.1) is 5.69 Å². The second-order valence-corrected chi connectivity index (χ2v) is 3.09. The number of carbonyl (C=O) groups is 1. The Hall–Kier alpha value is -1.52. The fourth-order valence-electron chi connectivity index (χ4n) is 0.833. The molecule has 5 nitrogen and oxygen atoms in total. The number of urea groups is 1. The van der Waals surface area contributed by atoms with Gasteiger partial charge in [0.25, 0.3) is 0 Å². The van der Waals surface area contributed by atoms with Crippen molar-refractivity contribution in [3.05, 3.63) is 11.8 Å². The molecular weight excluding hydrogens is 170 g/mol. The molecule has 0 bridgehead atoms. The molecule has 0 radical (unpaired) electrons. The van der Waals surface area contributed by atoms with Crippen LogP contribution in [0.2, 0.25) is 0 Å². The number of hydrogen-bond donors (Lipinski definition) is 2. The monoisotopic (exact) mass is 183 g/mol. The van der Waals surface area contributed by atoms with Crippen molar-refractivity contribution in [3.63, 3.8) is 0 Å². The second-order valence-electron chi connectivity index (χ2n) is 3.09. The van der Waals surface area contributed by atoms with Crippen molar-refractivity contribution in [3.8, 4) is 0 Å². The summed E-state index contributed by atoms with van der Waals surface area (Å²) in [4.78, 5) is 11.1. The Kier molecular flexibility index (Phi) is 2.89. The number of carbonyl (C=O) groups excluding carboxylic acids is 1. The van der Waals surface area contributed by atoms with Gasteiger partial charge in [0.15, 0.2) is 0 Å². The van der Waals surface area contributed by atoms with Crippen molar-refractivity contribution in [2.24, 2.45) is 0 Å². The molecule has 0 aromatic carbocycles. The van der Waals surface area contributed by atoms with Crippen molar-refractivity contribution in [1.29, 1.82) is 0 Å². The minimum absolute atomic E-state index is 0.101. The Morgan fingerprint density at radius 3 is 2.77 bits per heavy atom. The summed E-state index contributed by atoms with van der Waals surface area (Å²) in [5.74, 6) is 0.357. The highest BCUT2D eigenvalue weighted by atomic mass is 16.5. The molecule has 72 valence electrons. The van der Waals surface area contributed by atoms with Crippen LogP contribution in [0.25, 0.3) is 0 Å². The largest absolute Gasteiger partial charge is 0.338 e. The van der Waals surface area contributed by atoms with Gasteiger partial charge in [-0.25, -0.2) is 4.79 Å². The van der Waals surface area contributed by atoms with Gasteiger partial charge in [0.1, 0.15) is 0 Å². The lowest BCUT2D eigenvalue weighted by Gasteiger charge is -2.06. The van der Waals surface area contributed by atoms with E-state index in [0.29, 0.717) is 5.88 Å². The van der Waals surface area contributed by atoms with E-state index < -0.39 is 0 Å². The molecule has 0 saturated carbocycles. The lowest BCUT2D eigenvalue weighted by atomic mass is 10.4. The predicted octanol–water partition coefficient (Wildman–Crippen LogP) is 1.51. The van der Waals surface area contributed by atoms with E-state index in [0.717, 1.165) is 5.69 Å². The fourth-order valence-corrected chi connectivity index (χ4v) is 0.833. The van der Waals surface area contributed by atoms with Crippen LogP contribution < -0.4 is 10.6 Å². The molecule has 0 aliphatic rings. The first kappa shape index (κ1) is 9.57. The van der Waals surface area contributed by atoms with E-state index in [4.69, 9.17) is 4.52 Å². The van der Waals surface area contributed by atoms with Crippen LogP contribution >= 0.6 is 0 Å². The first-order chi connectivity index (χ1) is 6.08. The number of hydrogen-bond acceptors (Lipinski definition) is 3. The summed E-state index contributed by atoms with van der Waals surface area (Å²) in [6.07, 6.45) is 0. The Bertz CT molecular complexity index is 293. The number of nitrogens with one attached hydrogen (secondary N) is 2. The average Bonchev–Trinajstić information content (AvgIpc) is 2.33. The maximum Gasteiger partial charge on any atom is 0.321 e. The molecule has 0 aliphatic heterocycles. The second kappa shape index (κ2) is 3.93. The van der Waals surface area contributed by atoms with E-state index in [-0.39, 0.29) is 12.1 Å². The van der Waals surface area contributed by atoms with Crippen molar-refractivity contribution in [2.45, 2.75) is 26.8 Å². The molecule has 2 amide bonds. The van der Waals surface area contributed by atoms with Gasteiger partial charge in [0, 0.05) is 12.1 Å². The first-order valence-corrected chi connectivity index (χ1v) is 4.09. The normalized spacial score (nSPS) is 10.2. The van der Waals surface area contributed by atoms with Gasteiger partial charge >= 0.3 is 6.03 Å². The quantitative estimate of drug-likeness (QED) is 0.730. The van der Waals surface area contributed by atoms with Crippen LogP contribution in [-0.2, 0) is 0 Å². The molecule has 1 aromatic rings. The van der Waals surface area contributed by atoms with Crippen LogP contribution in [0, 0.1) is 6.92 Å². The van der Waals surface area contributed by atoms with Gasteiger partial charge in [-0.1, -0.05) is 5.16 Å². The van der Waals surface area contributed by atoms with Crippen molar-refractivity contribution in [2.75, 3.05) is 5.32 Å². The van der Waals surface area contributed by atoms with Crippen molar-refractivity contribution in [1.82, 2.24) is 10.5 Å². The summed E-state index contributed by atoms with van der Waals surface area (Å²) in [5, 5.41) is 8.81. The molecule has 5 heteroatoms. The topological polar surface area (TPSA) is 67.2 Å². The van der Waals surface area contributed by atoms with Crippen LogP contribution in [0.15, 0.2) is 10.6 Å². The third-order valence-electron chi connectivity index (χ3n) is 1.28. The molecule has 0 fully saturated rings. The molecule has 0 saturated heterocycles. The fraction of sp³-hybridized carbons (Fsp3) is 0.500. The first-order valence-electron chi connectivity index (χ1n) is 4.09. The molecule has 1 aromatic heterocycles. The van der Waals surface area contributed by atoms with E-state index in [1.807, 2.05) is 13.8 Å². The lowest BCUT2D eigenvalue weighted by molar-refractivity contribution is 0.249. The SMILES string of the molecule is Cc1cc(NC(=O)NC(C)C)on1. The molecule has 0 unspecified atom stereocenters. The zero-order valence-electron chi connectivity index (χ0n) is 7.92.